The van der Waals surface area contributed by atoms with Crippen LogP contribution >= 0.6 is 11.3 Å². The quantitative estimate of drug-likeness (QED) is 0.865. The summed E-state index contributed by atoms with van der Waals surface area (Å²) in [5, 5.41) is 2.47. The van der Waals surface area contributed by atoms with E-state index in [4.69, 9.17) is 4.84 Å². The molecule has 6 rings (SSSR count). The van der Waals surface area contributed by atoms with Crippen LogP contribution in [0.1, 0.15) is 37.0 Å². The molecule has 24 heavy (non-hydrogen) atoms. The van der Waals surface area contributed by atoms with E-state index in [2.05, 4.69) is 16.0 Å². The average molecular weight is 348 g/mol. The molecule has 4 aliphatic rings. The van der Waals surface area contributed by atoms with Crippen LogP contribution in [-0.4, -0.2) is 22.2 Å². The van der Waals surface area contributed by atoms with Crippen molar-refractivity contribution >= 4 is 27.4 Å². The maximum absolute atomic E-state index is 13.9. The van der Waals surface area contributed by atoms with Crippen molar-refractivity contribution in [3.63, 3.8) is 0 Å². The number of anilines is 1. The zero-order valence-electron chi connectivity index (χ0n) is 13.6. The highest BCUT2D eigenvalue weighted by Crippen LogP contribution is 2.50. The van der Waals surface area contributed by atoms with Gasteiger partial charge in [-0.25, -0.2) is 9.37 Å². The minimum absolute atomic E-state index is 0.0656. The Morgan fingerprint density at radius 1 is 1.38 bits per heavy atom. The number of hydrazine groups is 2. The predicted octanol–water partition coefficient (Wildman–Crippen LogP) is 3.77. The van der Waals surface area contributed by atoms with Crippen molar-refractivity contribution in [3.05, 3.63) is 22.8 Å². The average Bonchev–Trinajstić information content (AvgIpc) is 3.10. The van der Waals surface area contributed by atoms with Crippen molar-refractivity contribution < 1.29 is 9.23 Å². The highest BCUT2D eigenvalue weighted by molar-refractivity contribution is 7.18. The third-order valence-corrected chi connectivity index (χ3v) is 6.90. The molecule has 0 aromatic carbocycles. The highest BCUT2D eigenvalue weighted by Gasteiger charge is 2.53. The monoisotopic (exact) mass is 348 g/mol. The normalized spacial score (nSPS) is 32.9. The number of pyridine rings is 1. The minimum Gasteiger partial charge on any atom is -0.288 e. The summed E-state index contributed by atoms with van der Waals surface area (Å²) in [7, 11) is 0. The molecule has 7 heteroatoms. The van der Waals surface area contributed by atoms with E-state index in [-0.39, 0.29) is 11.4 Å². The Hall–Kier alpha value is -1.28. The standard InChI is InChI=1S/C17H21FN4OS/c1-10-15(18)13-6-7-14(19-16(13)24-10)20-22-9-17(23-21-22)8-11-2-4-12(17)5-3-11/h6-7,11-12,21H,2-5,8-9H2,1H3,(H,19,20). The molecule has 3 heterocycles. The number of nitrogens with one attached hydrogen (secondary N) is 2. The lowest BCUT2D eigenvalue weighted by Crippen LogP contribution is -2.50. The SMILES string of the molecule is Cc1sc2nc(NN3CC4(CC5CCC4CC5)ON3)ccc2c1F. The van der Waals surface area contributed by atoms with Gasteiger partial charge in [0.25, 0.3) is 0 Å². The molecule has 0 amide bonds. The highest BCUT2D eigenvalue weighted by atomic mass is 32.1. The summed E-state index contributed by atoms with van der Waals surface area (Å²) >= 11 is 1.39. The fraction of sp³-hybridized carbons (Fsp3) is 0.588. The first-order chi connectivity index (χ1) is 11.6. The molecule has 1 atom stereocenters. The second-order valence-corrected chi connectivity index (χ2v) is 8.60. The molecule has 2 N–H and O–H groups in total. The third-order valence-electron chi connectivity index (χ3n) is 5.91. The van der Waals surface area contributed by atoms with Crippen molar-refractivity contribution in [3.8, 4) is 0 Å². The molecule has 4 fully saturated rings. The molecule has 1 unspecified atom stereocenters. The first-order valence-corrected chi connectivity index (χ1v) is 9.48. The van der Waals surface area contributed by atoms with Gasteiger partial charge in [0.15, 0.2) is 0 Å². The maximum atomic E-state index is 13.9. The molecular formula is C17H21FN4OS. The number of aryl methyl sites for hydroxylation is 1. The van der Waals surface area contributed by atoms with Gasteiger partial charge in [-0.2, -0.15) is 0 Å². The molecule has 2 aromatic heterocycles. The van der Waals surface area contributed by atoms with Crippen LogP contribution in [0.3, 0.4) is 0 Å². The van der Waals surface area contributed by atoms with E-state index in [1.165, 1.54) is 37.0 Å². The topological polar surface area (TPSA) is 49.4 Å². The number of halogens is 1. The van der Waals surface area contributed by atoms with Crippen LogP contribution in [0.25, 0.3) is 10.2 Å². The molecule has 3 saturated carbocycles. The smallest absolute Gasteiger partial charge is 0.146 e. The Morgan fingerprint density at radius 3 is 2.96 bits per heavy atom. The minimum atomic E-state index is -0.158. The van der Waals surface area contributed by atoms with Gasteiger partial charge in [0.1, 0.15) is 22.1 Å². The summed E-state index contributed by atoms with van der Waals surface area (Å²) in [6.07, 6.45) is 6.40. The van der Waals surface area contributed by atoms with Crippen LogP contribution in [-0.2, 0) is 4.84 Å². The molecule has 1 saturated heterocycles. The van der Waals surface area contributed by atoms with Crippen molar-refractivity contribution in [2.45, 2.75) is 44.6 Å². The third kappa shape index (κ3) is 2.26. The Bertz CT molecular complexity index is 788. The zero-order chi connectivity index (χ0) is 16.3. The molecule has 0 radical (unpaired) electrons. The van der Waals surface area contributed by atoms with Crippen molar-refractivity contribution in [2.24, 2.45) is 11.8 Å². The van der Waals surface area contributed by atoms with Gasteiger partial charge in [0.2, 0.25) is 0 Å². The predicted molar refractivity (Wildman–Crippen MR) is 91.7 cm³/mol. The van der Waals surface area contributed by atoms with E-state index >= 15 is 0 Å². The Morgan fingerprint density at radius 2 is 2.21 bits per heavy atom. The number of aromatic nitrogens is 1. The lowest BCUT2D eigenvalue weighted by atomic mass is 9.62. The van der Waals surface area contributed by atoms with Crippen LogP contribution in [0.2, 0.25) is 0 Å². The van der Waals surface area contributed by atoms with E-state index in [9.17, 15) is 4.39 Å². The van der Waals surface area contributed by atoms with Crippen LogP contribution < -0.4 is 11.0 Å². The van der Waals surface area contributed by atoms with E-state index in [1.807, 2.05) is 11.2 Å². The summed E-state index contributed by atoms with van der Waals surface area (Å²) < 4.78 is 13.9. The number of hydrogen-bond acceptors (Lipinski definition) is 6. The molecule has 128 valence electrons. The number of hydrogen-bond donors (Lipinski definition) is 2. The summed E-state index contributed by atoms with van der Waals surface area (Å²) in [6, 6.07) is 3.61. The second-order valence-electron chi connectivity index (χ2n) is 7.40. The molecular weight excluding hydrogens is 327 g/mol. The van der Waals surface area contributed by atoms with Gasteiger partial charge in [-0.3, -0.25) is 10.3 Å². The molecule has 1 spiro atoms. The van der Waals surface area contributed by atoms with Gasteiger partial charge < -0.3 is 0 Å². The Balaban J connectivity index is 1.34. The molecule has 3 aliphatic carbocycles. The Kier molecular flexibility index (Phi) is 3.35. The van der Waals surface area contributed by atoms with Gasteiger partial charge in [-0.1, -0.05) is 0 Å². The molecule has 2 aromatic rings. The van der Waals surface area contributed by atoms with Crippen LogP contribution in [0, 0.1) is 24.6 Å². The summed E-state index contributed by atoms with van der Waals surface area (Å²) in [5.74, 6) is 2.00. The zero-order valence-corrected chi connectivity index (χ0v) is 14.5. The van der Waals surface area contributed by atoms with E-state index in [0.717, 1.165) is 23.7 Å². The van der Waals surface area contributed by atoms with Crippen LogP contribution in [0.5, 0.6) is 0 Å². The first kappa shape index (κ1) is 15.0. The lowest BCUT2D eigenvalue weighted by Gasteiger charge is -2.47. The molecule has 1 aliphatic heterocycles. The second kappa shape index (κ2) is 5.36. The van der Waals surface area contributed by atoms with Crippen LogP contribution in [0.15, 0.2) is 12.1 Å². The molecule has 2 bridgehead atoms. The number of rotatable bonds is 2. The fourth-order valence-corrected chi connectivity index (χ4v) is 5.57. The summed E-state index contributed by atoms with van der Waals surface area (Å²) in [5.41, 5.74) is 6.22. The van der Waals surface area contributed by atoms with Gasteiger partial charge in [0, 0.05) is 10.3 Å². The van der Waals surface area contributed by atoms with Crippen molar-refractivity contribution in [1.82, 2.24) is 15.7 Å². The van der Waals surface area contributed by atoms with Gasteiger partial charge in [-0.05, 0) is 63.0 Å². The van der Waals surface area contributed by atoms with E-state index < -0.39 is 0 Å². The fourth-order valence-electron chi connectivity index (χ4n) is 4.67. The largest absolute Gasteiger partial charge is 0.288 e. The molecule has 5 nitrogen and oxygen atoms in total. The lowest BCUT2D eigenvalue weighted by molar-refractivity contribution is -0.146. The van der Waals surface area contributed by atoms with Gasteiger partial charge in [-0.15, -0.1) is 22.0 Å². The van der Waals surface area contributed by atoms with Crippen LogP contribution in [0.4, 0.5) is 10.2 Å². The van der Waals surface area contributed by atoms with Crippen molar-refractivity contribution in [2.75, 3.05) is 12.0 Å². The van der Waals surface area contributed by atoms with Gasteiger partial charge >= 0.3 is 0 Å². The number of nitrogens with zero attached hydrogens (tertiary/aromatic N) is 2. The first-order valence-electron chi connectivity index (χ1n) is 8.66. The summed E-state index contributed by atoms with van der Waals surface area (Å²) in [4.78, 5) is 12.0. The Labute approximate surface area is 144 Å². The van der Waals surface area contributed by atoms with E-state index in [0.29, 0.717) is 22.0 Å². The van der Waals surface area contributed by atoms with E-state index in [1.54, 1.807) is 13.0 Å². The number of thiophene rings is 1. The van der Waals surface area contributed by atoms with Gasteiger partial charge in [0.05, 0.1) is 6.54 Å². The maximum Gasteiger partial charge on any atom is 0.146 e. The number of fused-ring (bicyclic) bond motifs is 3. The summed E-state index contributed by atoms with van der Waals surface area (Å²) in [6.45, 7) is 2.60. The van der Waals surface area contributed by atoms with Crippen molar-refractivity contribution in [1.29, 1.82) is 0 Å².